The van der Waals surface area contributed by atoms with Crippen molar-refractivity contribution in [3.63, 3.8) is 0 Å². The standard InChI is InChI=1S/C14H17NO3/c1-14(2,3)18-13(17)15-9-11-5-4-6-12(10-16)8-7-11/h4-5,7-8,10H,9H2,1-3H3,(H,15,17). The van der Waals surface area contributed by atoms with Gasteiger partial charge in [-0.15, -0.1) is 5.73 Å². The number of aldehydes is 1. The quantitative estimate of drug-likeness (QED) is 0.615. The van der Waals surface area contributed by atoms with E-state index in [4.69, 9.17) is 4.74 Å². The molecule has 4 nitrogen and oxygen atoms in total. The number of carbonyl (C=O) groups excluding carboxylic acids is 2. The number of ether oxygens (including phenoxy) is 1. The molecule has 1 aliphatic rings. The van der Waals surface area contributed by atoms with E-state index in [0.29, 0.717) is 12.1 Å². The smallest absolute Gasteiger partial charge is 0.407 e. The summed E-state index contributed by atoms with van der Waals surface area (Å²) < 4.78 is 5.11. The van der Waals surface area contributed by atoms with Crippen LogP contribution in [0.25, 0.3) is 0 Å². The van der Waals surface area contributed by atoms with Crippen LogP contribution < -0.4 is 5.32 Å². The lowest BCUT2D eigenvalue weighted by Gasteiger charge is -2.19. The van der Waals surface area contributed by atoms with Gasteiger partial charge in [0.25, 0.3) is 0 Å². The molecule has 96 valence electrons. The molecule has 0 unspecified atom stereocenters. The molecule has 0 spiro atoms. The van der Waals surface area contributed by atoms with Crippen molar-refractivity contribution in [2.75, 3.05) is 6.54 Å². The Morgan fingerprint density at radius 3 is 2.78 bits per heavy atom. The van der Waals surface area contributed by atoms with Crippen LogP contribution in [0.5, 0.6) is 0 Å². The number of hydrogen-bond donors (Lipinski definition) is 1. The van der Waals surface area contributed by atoms with Crippen LogP contribution in [0.4, 0.5) is 4.79 Å². The fourth-order valence-electron chi connectivity index (χ4n) is 1.22. The van der Waals surface area contributed by atoms with E-state index in [9.17, 15) is 9.59 Å². The molecule has 1 rings (SSSR count). The summed E-state index contributed by atoms with van der Waals surface area (Å²) in [7, 11) is 0. The lowest BCUT2D eigenvalue weighted by molar-refractivity contribution is -0.104. The SMILES string of the molecule is CC(C)(C)OC(=O)NCC1=CC=C=C(C=O)C=C1. The van der Waals surface area contributed by atoms with Crippen molar-refractivity contribution in [2.24, 2.45) is 0 Å². The zero-order valence-electron chi connectivity index (χ0n) is 10.8. The predicted octanol–water partition coefficient (Wildman–Crippen LogP) is 2.29. The van der Waals surface area contributed by atoms with Gasteiger partial charge >= 0.3 is 6.09 Å². The molecule has 0 aromatic heterocycles. The average molecular weight is 247 g/mol. The fourth-order valence-corrected chi connectivity index (χ4v) is 1.22. The van der Waals surface area contributed by atoms with Gasteiger partial charge in [0.05, 0.1) is 5.57 Å². The number of nitrogens with one attached hydrogen (secondary N) is 1. The summed E-state index contributed by atoms with van der Waals surface area (Å²) in [5.41, 5.74) is 3.63. The van der Waals surface area contributed by atoms with Gasteiger partial charge in [0.1, 0.15) is 5.60 Å². The number of hydrogen-bond acceptors (Lipinski definition) is 3. The largest absolute Gasteiger partial charge is 0.444 e. The molecule has 0 fully saturated rings. The first-order chi connectivity index (χ1) is 8.40. The summed E-state index contributed by atoms with van der Waals surface area (Å²) in [5, 5.41) is 2.64. The molecule has 0 aliphatic heterocycles. The molecule has 0 saturated carbocycles. The van der Waals surface area contributed by atoms with Crippen molar-refractivity contribution in [1.29, 1.82) is 0 Å². The van der Waals surface area contributed by atoms with E-state index in [0.717, 1.165) is 11.9 Å². The highest BCUT2D eigenvalue weighted by molar-refractivity contribution is 5.77. The van der Waals surface area contributed by atoms with Gasteiger partial charge in [-0.2, -0.15) is 0 Å². The monoisotopic (exact) mass is 247 g/mol. The lowest BCUT2D eigenvalue weighted by Crippen LogP contribution is -2.33. The normalized spacial score (nSPS) is 14.4. The van der Waals surface area contributed by atoms with Crippen molar-refractivity contribution >= 4 is 12.4 Å². The second-order valence-electron chi connectivity index (χ2n) is 4.81. The van der Waals surface area contributed by atoms with Gasteiger partial charge in [0.2, 0.25) is 0 Å². The molecule has 0 atom stereocenters. The Morgan fingerprint density at radius 2 is 2.17 bits per heavy atom. The van der Waals surface area contributed by atoms with Crippen LogP contribution in [0.1, 0.15) is 20.8 Å². The minimum absolute atomic E-state index is 0.343. The molecule has 0 saturated heterocycles. The average Bonchev–Trinajstić information content (AvgIpc) is 2.49. The molecule has 1 amide bonds. The number of allylic oxidation sites excluding steroid dienone is 3. The third kappa shape index (κ3) is 5.32. The van der Waals surface area contributed by atoms with Gasteiger partial charge in [-0.3, -0.25) is 4.79 Å². The van der Waals surface area contributed by atoms with Crippen molar-refractivity contribution < 1.29 is 14.3 Å². The maximum absolute atomic E-state index is 11.4. The first-order valence-electron chi connectivity index (χ1n) is 5.67. The molecular weight excluding hydrogens is 230 g/mol. The van der Waals surface area contributed by atoms with Crippen molar-refractivity contribution in [2.45, 2.75) is 26.4 Å². The van der Waals surface area contributed by atoms with E-state index in [1.165, 1.54) is 0 Å². The molecule has 1 N–H and O–H groups in total. The van der Waals surface area contributed by atoms with Gasteiger partial charge in [-0.1, -0.05) is 6.08 Å². The summed E-state index contributed by atoms with van der Waals surface area (Å²) in [6, 6.07) is 0. The molecule has 4 heteroatoms. The third-order valence-corrected chi connectivity index (χ3v) is 1.99. The Labute approximate surface area is 107 Å². The van der Waals surface area contributed by atoms with Gasteiger partial charge in [-0.25, -0.2) is 4.79 Å². The molecule has 0 aromatic rings. The molecule has 0 heterocycles. The van der Waals surface area contributed by atoms with E-state index < -0.39 is 11.7 Å². The summed E-state index contributed by atoms with van der Waals surface area (Å²) in [6.45, 7) is 5.76. The zero-order valence-corrected chi connectivity index (χ0v) is 10.8. The molecule has 0 aromatic carbocycles. The van der Waals surface area contributed by atoms with Crippen LogP contribution in [0.2, 0.25) is 0 Å². The van der Waals surface area contributed by atoms with Crippen LogP contribution in [0, 0.1) is 0 Å². The van der Waals surface area contributed by atoms with Crippen molar-refractivity contribution in [3.8, 4) is 0 Å². The van der Waals surface area contributed by atoms with Crippen LogP contribution in [0.3, 0.4) is 0 Å². The Bertz CT molecular complexity index is 458. The first kappa shape index (κ1) is 14.0. The van der Waals surface area contributed by atoms with E-state index in [1.54, 1.807) is 45.1 Å². The van der Waals surface area contributed by atoms with Crippen molar-refractivity contribution in [3.05, 3.63) is 41.2 Å². The number of rotatable bonds is 3. The Balaban J connectivity index is 2.48. The maximum Gasteiger partial charge on any atom is 0.407 e. The van der Waals surface area contributed by atoms with E-state index >= 15 is 0 Å². The summed E-state index contributed by atoms with van der Waals surface area (Å²) >= 11 is 0. The third-order valence-electron chi connectivity index (χ3n) is 1.99. The minimum atomic E-state index is -0.510. The number of carbonyl (C=O) groups is 2. The highest BCUT2D eigenvalue weighted by Gasteiger charge is 2.15. The summed E-state index contributed by atoms with van der Waals surface area (Å²) in [6.07, 6.45) is 7.11. The van der Waals surface area contributed by atoms with Crippen LogP contribution in [-0.4, -0.2) is 24.5 Å². The topological polar surface area (TPSA) is 55.4 Å². The Kier molecular flexibility index (Phi) is 4.69. The highest BCUT2D eigenvalue weighted by atomic mass is 16.6. The van der Waals surface area contributed by atoms with E-state index in [2.05, 4.69) is 11.0 Å². The van der Waals surface area contributed by atoms with Gasteiger partial charge in [0.15, 0.2) is 6.29 Å². The maximum atomic E-state index is 11.4. The number of alkyl carbamates (subject to hydrolysis) is 1. The van der Waals surface area contributed by atoms with Crippen LogP contribution in [0.15, 0.2) is 41.2 Å². The fraction of sp³-hybridized carbons (Fsp3) is 0.357. The van der Waals surface area contributed by atoms with Gasteiger partial charge in [-0.05, 0) is 44.6 Å². The van der Waals surface area contributed by atoms with Crippen molar-refractivity contribution in [1.82, 2.24) is 5.32 Å². The molecule has 1 aliphatic carbocycles. The van der Waals surface area contributed by atoms with Crippen LogP contribution >= 0.6 is 0 Å². The minimum Gasteiger partial charge on any atom is -0.444 e. The zero-order chi connectivity index (χ0) is 13.6. The molecule has 0 radical (unpaired) electrons. The Hall–Kier alpha value is -2.06. The molecular formula is C14H17NO3. The number of amides is 1. The first-order valence-corrected chi connectivity index (χ1v) is 5.67. The molecule has 0 bridgehead atoms. The lowest BCUT2D eigenvalue weighted by atomic mass is 10.2. The molecule has 18 heavy (non-hydrogen) atoms. The summed E-state index contributed by atoms with van der Waals surface area (Å²) in [5.74, 6) is 0. The van der Waals surface area contributed by atoms with Gasteiger partial charge < -0.3 is 10.1 Å². The van der Waals surface area contributed by atoms with E-state index in [-0.39, 0.29) is 0 Å². The van der Waals surface area contributed by atoms with Gasteiger partial charge in [0, 0.05) is 6.54 Å². The van der Waals surface area contributed by atoms with E-state index in [1.807, 2.05) is 0 Å². The summed E-state index contributed by atoms with van der Waals surface area (Å²) in [4.78, 5) is 22.0. The Morgan fingerprint density at radius 1 is 1.44 bits per heavy atom. The predicted molar refractivity (Wildman–Crippen MR) is 69.1 cm³/mol. The highest BCUT2D eigenvalue weighted by Crippen LogP contribution is 2.07. The van der Waals surface area contributed by atoms with Crippen LogP contribution in [-0.2, 0) is 9.53 Å². The second kappa shape index (κ2) is 6.03. The second-order valence-corrected chi connectivity index (χ2v) is 4.81.